The number of nitrogen functional groups attached to an aromatic ring is 1. The summed E-state index contributed by atoms with van der Waals surface area (Å²) in [4.78, 5) is 30.0. The molecule has 0 atom stereocenters. The van der Waals surface area contributed by atoms with Crippen molar-refractivity contribution in [1.29, 1.82) is 0 Å². The number of carbonyl (C=O) groups excluding carboxylic acids is 1. The monoisotopic (exact) mass is 403 g/mol. The van der Waals surface area contributed by atoms with Crippen LogP contribution in [-0.2, 0) is 21.8 Å². The van der Waals surface area contributed by atoms with E-state index < -0.39 is 5.97 Å². The van der Waals surface area contributed by atoms with Gasteiger partial charge in [-0.3, -0.25) is 9.59 Å². The van der Waals surface area contributed by atoms with Gasteiger partial charge in [0.1, 0.15) is 5.69 Å². The highest BCUT2D eigenvalue weighted by Gasteiger charge is 2.12. The quantitative estimate of drug-likeness (QED) is 0.206. The topological polar surface area (TPSA) is 130 Å². The molecular formula is C19H25N5O3S. The van der Waals surface area contributed by atoms with Crippen LogP contribution in [0.4, 0.5) is 17.3 Å². The number of carbonyl (C=O) groups is 2. The molecule has 0 saturated heterocycles. The standard InChI is InChI=1S/C17H19N5O3S.C2H6/c1-2-7-19-16-14(20-10-23)15(18)21-17(22-16)26-9-12-5-3-11(4-6-12)8-13(24)25;1-2/h2-6,10H,1,7-9H2,(H,20,23)(H,24,25)(H3,18,19,21,22);1-2H3. The van der Waals surface area contributed by atoms with E-state index in [4.69, 9.17) is 10.8 Å². The summed E-state index contributed by atoms with van der Waals surface area (Å²) in [6.45, 7) is 8.09. The summed E-state index contributed by atoms with van der Waals surface area (Å²) in [6, 6.07) is 7.31. The van der Waals surface area contributed by atoms with Gasteiger partial charge in [0, 0.05) is 12.3 Å². The van der Waals surface area contributed by atoms with Gasteiger partial charge in [-0.1, -0.05) is 56.0 Å². The number of carboxylic acid groups (broad SMARTS) is 1. The highest BCUT2D eigenvalue weighted by molar-refractivity contribution is 7.98. The maximum atomic E-state index is 10.7. The molecule has 28 heavy (non-hydrogen) atoms. The first-order valence-corrected chi connectivity index (χ1v) is 9.67. The lowest BCUT2D eigenvalue weighted by Gasteiger charge is -2.12. The average molecular weight is 404 g/mol. The maximum absolute atomic E-state index is 10.7. The second-order valence-electron chi connectivity index (χ2n) is 5.22. The number of nitrogens with two attached hydrogens (primary N) is 1. The van der Waals surface area contributed by atoms with Crippen LogP contribution in [0.5, 0.6) is 0 Å². The number of aliphatic carboxylic acids is 1. The number of hydrogen-bond donors (Lipinski definition) is 4. The summed E-state index contributed by atoms with van der Waals surface area (Å²) in [5, 5.41) is 14.8. The highest BCUT2D eigenvalue weighted by atomic mass is 32.2. The molecule has 9 heteroatoms. The van der Waals surface area contributed by atoms with Crippen molar-refractivity contribution in [3.8, 4) is 0 Å². The molecule has 0 aliphatic rings. The lowest BCUT2D eigenvalue weighted by atomic mass is 10.1. The second kappa shape index (κ2) is 12.3. The smallest absolute Gasteiger partial charge is 0.307 e. The van der Waals surface area contributed by atoms with Gasteiger partial charge in [-0.25, -0.2) is 9.97 Å². The molecule has 0 aliphatic carbocycles. The van der Waals surface area contributed by atoms with E-state index in [1.807, 2.05) is 26.0 Å². The molecule has 0 unspecified atom stereocenters. The van der Waals surface area contributed by atoms with Crippen LogP contribution < -0.4 is 16.4 Å². The Morgan fingerprint density at radius 3 is 2.46 bits per heavy atom. The van der Waals surface area contributed by atoms with Gasteiger partial charge in [-0.15, -0.1) is 6.58 Å². The number of hydrogen-bond acceptors (Lipinski definition) is 7. The Balaban J connectivity index is 0.00000190. The summed E-state index contributed by atoms with van der Waals surface area (Å²) >= 11 is 1.38. The number of nitrogens with one attached hydrogen (secondary N) is 2. The predicted octanol–water partition coefficient (Wildman–Crippen LogP) is 3.17. The van der Waals surface area contributed by atoms with Crippen molar-refractivity contribution in [3.63, 3.8) is 0 Å². The molecule has 0 fully saturated rings. The zero-order valence-electron chi connectivity index (χ0n) is 15.9. The molecule has 2 aromatic rings. The molecule has 2 rings (SSSR count). The number of rotatable bonds is 10. The first-order chi connectivity index (χ1) is 13.5. The Morgan fingerprint density at radius 1 is 1.25 bits per heavy atom. The fraction of sp³-hybridized carbons (Fsp3) is 0.263. The van der Waals surface area contributed by atoms with Crippen LogP contribution in [0.3, 0.4) is 0 Å². The van der Waals surface area contributed by atoms with Gasteiger partial charge in [-0.2, -0.15) is 0 Å². The minimum absolute atomic E-state index is 0.00338. The molecule has 0 spiro atoms. The molecule has 5 N–H and O–H groups in total. The molecule has 0 bridgehead atoms. The molecule has 8 nitrogen and oxygen atoms in total. The Morgan fingerprint density at radius 2 is 1.89 bits per heavy atom. The van der Waals surface area contributed by atoms with E-state index in [9.17, 15) is 9.59 Å². The van der Waals surface area contributed by atoms with Crippen LogP contribution in [0.2, 0.25) is 0 Å². The molecule has 0 saturated carbocycles. The number of aromatic nitrogens is 2. The Kier molecular flexibility index (Phi) is 10.1. The van der Waals surface area contributed by atoms with Crippen molar-refractivity contribution in [2.45, 2.75) is 31.2 Å². The molecule has 1 heterocycles. The molecule has 1 amide bonds. The second-order valence-corrected chi connectivity index (χ2v) is 6.16. The number of benzene rings is 1. The molecule has 0 aliphatic heterocycles. The van der Waals surface area contributed by atoms with Crippen LogP contribution in [0.15, 0.2) is 42.1 Å². The van der Waals surface area contributed by atoms with E-state index in [0.29, 0.717) is 35.4 Å². The Hall–Kier alpha value is -3.07. The summed E-state index contributed by atoms with van der Waals surface area (Å²) in [7, 11) is 0. The molecule has 150 valence electrons. The highest BCUT2D eigenvalue weighted by Crippen LogP contribution is 2.29. The van der Waals surface area contributed by atoms with Crippen LogP contribution >= 0.6 is 11.8 Å². The van der Waals surface area contributed by atoms with Gasteiger partial charge in [0.25, 0.3) is 0 Å². The van der Waals surface area contributed by atoms with Gasteiger partial charge >= 0.3 is 5.97 Å². The van der Waals surface area contributed by atoms with Crippen molar-refractivity contribution in [1.82, 2.24) is 9.97 Å². The number of anilines is 3. The number of thioether (sulfide) groups is 1. The molecule has 1 aromatic heterocycles. The van der Waals surface area contributed by atoms with Gasteiger partial charge in [0.05, 0.1) is 6.42 Å². The van der Waals surface area contributed by atoms with Gasteiger partial charge < -0.3 is 21.5 Å². The molecule has 1 aromatic carbocycles. The Labute approximate surface area is 168 Å². The maximum Gasteiger partial charge on any atom is 0.307 e. The SMILES string of the molecule is C=CCNc1nc(SCc2ccc(CC(=O)O)cc2)nc(N)c1NC=O.CC. The lowest BCUT2D eigenvalue weighted by molar-refractivity contribution is -0.136. The average Bonchev–Trinajstić information content (AvgIpc) is 2.69. The summed E-state index contributed by atoms with van der Waals surface area (Å²) in [5.41, 5.74) is 7.98. The lowest BCUT2D eigenvalue weighted by Crippen LogP contribution is -2.10. The third-order valence-corrected chi connectivity index (χ3v) is 4.20. The number of nitrogens with zero attached hydrogens (tertiary/aromatic N) is 2. The summed E-state index contributed by atoms with van der Waals surface area (Å²) in [6.07, 6.45) is 2.17. The largest absolute Gasteiger partial charge is 0.481 e. The number of amides is 1. The van der Waals surface area contributed by atoms with Crippen LogP contribution in [0, 0.1) is 0 Å². The van der Waals surface area contributed by atoms with Crippen molar-refractivity contribution < 1.29 is 14.7 Å². The first kappa shape index (κ1) is 23.0. The predicted molar refractivity (Wildman–Crippen MR) is 114 cm³/mol. The fourth-order valence-corrected chi connectivity index (χ4v) is 2.90. The molecule has 0 radical (unpaired) electrons. The Bertz CT molecular complexity index is 797. The minimum Gasteiger partial charge on any atom is -0.481 e. The minimum atomic E-state index is -0.862. The van der Waals surface area contributed by atoms with E-state index in [2.05, 4.69) is 27.2 Å². The van der Waals surface area contributed by atoms with Crippen LogP contribution in [0.25, 0.3) is 0 Å². The first-order valence-electron chi connectivity index (χ1n) is 8.68. The van der Waals surface area contributed by atoms with Crippen molar-refractivity contribution in [2.24, 2.45) is 0 Å². The molecular weight excluding hydrogens is 378 g/mol. The third-order valence-electron chi connectivity index (χ3n) is 3.28. The van der Waals surface area contributed by atoms with E-state index in [0.717, 1.165) is 11.1 Å². The van der Waals surface area contributed by atoms with Crippen molar-refractivity contribution in [2.75, 3.05) is 22.9 Å². The zero-order chi connectivity index (χ0) is 20.9. The van der Waals surface area contributed by atoms with Gasteiger partial charge in [0.15, 0.2) is 16.8 Å². The van der Waals surface area contributed by atoms with Crippen molar-refractivity contribution in [3.05, 3.63) is 48.0 Å². The van der Waals surface area contributed by atoms with Gasteiger partial charge in [-0.05, 0) is 11.1 Å². The summed E-state index contributed by atoms with van der Waals surface area (Å²) < 4.78 is 0. The van der Waals surface area contributed by atoms with Crippen LogP contribution in [0.1, 0.15) is 25.0 Å². The normalized spacial score (nSPS) is 9.64. The zero-order valence-corrected chi connectivity index (χ0v) is 16.8. The van der Waals surface area contributed by atoms with E-state index in [1.54, 1.807) is 18.2 Å². The van der Waals surface area contributed by atoms with Crippen molar-refractivity contribution >= 4 is 41.5 Å². The third kappa shape index (κ3) is 7.28. The van der Waals surface area contributed by atoms with E-state index in [1.165, 1.54) is 11.8 Å². The van der Waals surface area contributed by atoms with E-state index >= 15 is 0 Å². The van der Waals surface area contributed by atoms with Crippen LogP contribution in [-0.4, -0.2) is 34.0 Å². The number of carboxylic acids is 1. The van der Waals surface area contributed by atoms with E-state index in [-0.39, 0.29) is 12.2 Å². The summed E-state index contributed by atoms with van der Waals surface area (Å²) in [5.74, 6) is 0.315. The fourth-order valence-electron chi connectivity index (χ4n) is 2.10. The van der Waals surface area contributed by atoms with Gasteiger partial charge in [0.2, 0.25) is 6.41 Å².